The number of rotatable bonds is 6. The van der Waals surface area contributed by atoms with Gasteiger partial charge in [-0.25, -0.2) is 0 Å². The molecule has 1 aromatic rings. The van der Waals surface area contributed by atoms with Gasteiger partial charge in [-0.3, -0.25) is 0 Å². The minimum Gasteiger partial charge on any atom is -0.497 e. The molecule has 1 unspecified atom stereocenters. The van der Waals surface area contributed by atoms with Gasteiger partial charge in [-0.15, -0.1) is 0 Å². The Bertz CT molecular complexity index is 341. The number of benzene rings is 1. The van der Waals surface area contributed by atoms with E-state index in [2.05, 4.69) is 33.0 Å². The molecule has 3 nitrogen and oxygen atoms in total. The average Bonchev–Trinajstić information content (AvgIpc) is 2.33. The molecule has 0 saturated heterocycles. The Kier molecular flexibility index (Phi) is 5.63. The standard InChI is InChI=1S/C15H25NO2/c1-12(10-16-15(2,3)4)18-11-13-6-8-14(17-5)9-7-13/h6-9,12,16H,10-11H2,1-5H3. The van der Waals surface area contributed by atoms with Gasteiger partial charge in [0.15, 0.2) is 0 Å². The van der Waals surface area contributed by atoms with Gasteiger partial charge in [0.1, 0.15) is 5.75 Å². The molecule has 102 valence electrons. The zero-order chi connectivity index (χ0) is 13.6. The van der Waals surface area contributed by atoms with Crippen molar-refractivity contribution in [2.24, 2.45) is 0 Å². The number of hydrogen-bond acceptors (Lipinski definition) is 3. The first-order valence-corrected chi connectivity index (χ1v) is 6.40. The summed E-state index contributed by atoms with van der Waals surface area (Å²) in [6.07, 6.45) is 0.200. The summed E-state index contributed by atoms with van der Waals surface area (Å²) in [7, 11) is 1.67. The van der Waals surface area contributed by atoms with E-state index in [1.165, 1.54) is 5.56 Å². The highest BCUT2D eigenvalue weighted by Crippen LogP contribution is 2.12. The lowest BCUT2D eigenvalue weighted by atomic mass is 10.1. The highest BCUT2D eigenvalue weighted by Gasteiger charge is 2.11. The fourth-order valence-electron chi connectivity index (χ4n) is 1.47. The SMILES string of the molecule is COc1ccc(COC(C)CNC(C)(C)C)cc1. The third-order valence-corrected chi connectivity index (χ3v) is 2.61. The summed E-state index contributed by atoms with van der Waals surface area (Å²) >= 11 is 0. The number of nitrogens with one attached hydrogen (secondary N) is 1. The Hall–Kier alpha value is -1.06. The van der Waals surface area contributed by atoms with Gasteiger partial charge in [0, 0.05) is 12.1 Å². The van der Waals surface area contributed by atoms with Crippen LogP contribution in [-0.4, -0.2) is 25.3 Å². The van der Waals surface area contributed by atoms with Crippen molar-refractivity contribution in [3.05, 3.63) is 29.8 Å². The minimum atomic E-state index is 0.137. The highest BCUT2D eigenvalue weighted by atomic mass is 16.5. The maximum atomic E-state index is 5.79. The van der Waals surface area contributed by atoms with Gasteiger partial charge in [0.25, 0.3) is 0 Å². The van der Waals surface area contributed by atoms with E-state index in [1.54, 1.807) is 7.11 Å². The van der Waals surface area contributed by atoms with Crippen LogP contribution in [0.3, 0.4) is 0 Å². The summed E-state index contributed by atoms with van der Waals surface area (Å²) in [6, 6.07) is 7.97. The van der Waals surface area contributed by atoms with Crippen LogP contribution in [0.15, 0.2) is 24.3 Å². The molecule has 1 atom stereocenters. The molecule has 0 amide bonds. The molecule has 0 spiro atoms. The largest absolute Gasteiger partial charge is 0.497 e. The first kappa shape index (κ1) is 15.0. The van der Waals surface area contributed by atoms with Gasteiger partial charge in [0.05, 0.1) is 19.8 Å². The van der Waals surface area contributed by atoms with Crippen molar-refractivity contribution in [3.8, 4) is 5.75 Å². The third-order valence-electron chi connectivity index (χ3n) is 2.61. The molecule has 1 aromatic carbocycles. The zero-order valence-corrected chi connectivity index (χ0v) is 12.1. The normalized spacial score (nSPS) is 13.4. The Morgan fingerprint density at radius 2 is 1.78 bits per heavy atom. The fourth-order valence-corrected chi connectivity index (χ4v) is 1.47. The Balaban J connectivity index is 2.31. The predicted molar refractivity (Wildman–Crippen MR) is 75.0 cm³/mol. The number of hydrogen-bond donors (Lipinski definition) is 1. The summed E-state index contributed by atoms with van der Waals surface area (Å²) in [5.41, 5.74) is 1.30. The molecule has 3 heteroatoms. The van der Waals surface area contributed by atoms with Crippen molar-refractivity contribution in [2.45, 2.75) is 45.9 Å². The molecular weight excluding hydrogens is 226 g/mol. The second kappa shape index (κ2) is 6.76. The van der Waals surface area contributed by atoms with Crippen LogP contribution in [0, 0.1) is 0 Å². The maximum Gasteiger partial charge on any atom is 0.118 e. The van der Waals surface area contributed by atoms with Gasteiger partial charge in [-0.05, 0) is 45.4 Å². The quantitative estimate of drug-likeness (QED) is 0.843. The van der Waals surface area contributed by atoms with Crippen LogP contribution in [0.5, 0.6) is 5.75 Å². The fraction of sp³-hybridized carbons (Fsp3) is 0.600. The predicted octanol–water partition coefficient (Wildman–Crippen LogP) is 2.99. The molecule has 0 saturated carbocycles. The van der Waals surface area contributed by atoms with Gasteiger partial charge in [0.2, 0.25) is 0 Å². The summed E-state index contributed by atoms with van der Waals surface area (Å²) in [5.74, 6) is 0.876. The molecule has 0 aromatic heterocycles. The highest BCUT2D eigenvalue weighted by molar-refractivity contribution is 5.26. The number of methoxy groups -OCH3 is 1. The molecule has 0 fully saturated rings. The van der Waals surface area contributed by atoms with Crippen molar-refractivity contribution >= 4 is 0 Å². The van der Waals surface area contributed by atoms with E-state index in [9.17, 15) is 0 Å². The molecule has 18 heavy (non-hydrogen) atoms. The lowest BCUT2D eigenvalue weighted by Crippen LogP contribution is -2.40. The van der Waals surface area contributed by atoms with E-state index >= 15 is 0 Å². The van der Waals surface area contributed by atoms with E-state index in [0.717, 1.165) is 12.3 Å². The van der Waals surface area contributed by atoms with Crippen molar-refractivity contribution < 1.29 is 9.47 Å². The molecule has 1 N–H and O–H groups in total. The lowest BCUT2D eigenvalue weighted by molar-refractivity contribution is 0.0491. The molecule has 0 aliphatic heterocycles. The smallest absolute Gasteiger partial charge is 0.118 e. The third kappa shape index (κ3) is 6.03. The van der Waals surface area contributed by atoms with E-state index in [4.69, 9.17) is 9.47 Å². The summed E-state index contributed by atoms with van der Waals surface area (Å²) < 4.78 is 10.9. The van der Waals surface area contributed by atoms with Crippen molar-refractivity contribution in [3.63, 3.8) is 0 Å². The van der Waals surface area contributed by atoms with Crippen LogP contribution in [0.25, 0.3) is 0 Å². The topological polar surface area (TPSA) is 30.5 Å². The van der Waals surface area contributed by atoms with E-state index in [1.807, 2.05) is 24.3 Å². The average molecular weight is 251 g/mol. The monoisotopic (exact) mass is 251 g/mol. The minimum absolute atomic E-state index is 0.137. The second-order valence-electron chi connectivity index (χ2n) is 5.60. The van der Waals surface area contributed by atoms with Gasteiger partial charge in [-0.1, -0.05) is 12.1 Å². The first-order valence-electron chi connectivity index (χ1n) is 6.40. The Labute approximate surface area is 110 Å². The van der Waals surface area contributed by atoms with Crippen LogP contribution in [0.1, 0.15) is 33.3 Å². The van der Waals surface area contributed by atoms with Crippen LogP contribution in [0.4, 0.5) is 0 Å². The Morgan fingerprint density at radius 3 is 2.28 bits per heavy atom. The van der Waals surface area contributed by atoms with Crippen molar-refractivity contribution in [1.29, 1.82) is 0 Å². The van der Waals surface area contributed by atoms with E-state index in [-0.39, 0.29) is 11.6 Å². The second-order valence-corrected chi connectivity index (χ2v) is 5.60. The zero-order valence-electron chi connectivity index (χ0n) is 12.1. The summed E-state index contributed by atoms with van der Waals surface area (Å²) in [4.78, 5) is 0. The van der Waals surface area contributed by atoms with E-state index < -0.39 is 0 Å². The van der Waals surface area contributed by atoms with Crippen LogP contribution >= 0.6 is 0 Å². The molecule has 0 aliphatic rings. The van der Waals surface area contributed by atoms with Crippen LogP contribution < -0.4 is 10.1 Å². The van der Waals surface area contributed by atoms with Gasteiger partial charge >= 0.3 is 0 Å². The number of ether oxygens (including phenoxy) is 2. The van der Waals surface area contributed by atoms with Gasteiger partial charge in [-0.2, -0.15) is 0 Å². The molecule has 1 rings (SSSR count). The molecule has 0 aliphatic carbocycles. The first-order chi connectivity index (χ1) is 8.40. The molecule has 0 radical (unpaired) electrons. The molecular formula is C15H25NO2. The van der Waals surface area contributed by atoms with E-state index in [0.29, 0.717) is 6.61 Å². The maximum absolute atomic E-state index is 5.79. The van der Waals surface area contributed by atoms with Crippen molar-refractivity contribution in [2.75, 3.05) is 13.7 Å². The van der Waals surface area contributed by atoms with Crippen molar-refractivity contribution in [1.82, 2.24) is 5.32 Å². The lowest BCUT2D eigenvalue weighted by Gasteiger charge is -2.23. The molecule has 0 heterocycles. The van der Waals surface area contributed by atoms with Crippen LogP contribution in [0.2, 0.25) is 0 Å². The summed E-state index contributed by atoms with van der Waals surface area (Å²) in [6.45, 7) is 10.1. The van der Waals surface area contributed by atoms with Gasteiger partial charge < -0.3 is 14.8 Å². The van der Waals surface area contributed by atoms with Crippen LogP contribution in [-0.2, 0) is 11.3 Å². The Morgan fingerprint density at radius 1 is 1.17 bits per heavy atom. The molecule has 0 bridgehead atoms. The summed E-state index contributed by atoms with van der Waals surface area (Å²) in [5, 5.41) is 3.43.